The molecule has 2 heterocycles. The van der Waals surface area contributed by atoms with E-state index in [9.17, 15) is 10.2 Å². The molecule has 4 rings (SSSR count). The molecule has 0 spiro atoms. The first kappa shape index (κ1) is 25.2. The van der Waals surface area contributed by atoms with Crippen molar-refractivity contribution in [3.8, 4) is 0 Å². The van der Waals surface area contributed by atoms with Crippen molar-refractivity contribution in [2.24, 2.45) is 11.8 Å². The van der Waals surface area contributed by atoms with Gasteiger partial charge in [0, 0.05) is 46.3 Å². The van der Waals surface area contributed by atoms with Gasteiger partial charge in [0.1, 0.15) is 12.0 Å². The molecular formula is C25H38IN3O4. The summed E-state index contributed by atoms with van der Waals surface area (Å²) in [7, 11) is 3.74. The summed E-state index contributed by atoms with van der Waals surface area (Å²) >= 11 is 2.38. The van der Waals surface area contributed by atoms with Gasteiger partial charge in [-0.15, -0.1) is 0 Å². The Morgan fingerprint density at radius 2 is 1.94 bits per heavy atom. The second-order valence-corrected chi connectivity index (χ2v) is 11.2. The Kier molecular flexibility index (Phi) is 8.23. The van der Waals surface area contributed by atoms with Gasteiger partial charge in [0.15, 0.2) is 6.23 Å². The molecule has 33 heavy (non-hydrogen) atoms. The van der Waals surface area contributed by atoms with Gasteiger partial charge in [0.2, 0.25) is 0 Å². The topological polar surface area (TPSA) is 77.4 Å². The molecule has 0 saturated carbocycles. The van der Waals surface area contributed by atoms with Crippen molar-refractivity contribution >= 4 is 22.6 Å². The molecule has 2 aliphatic carbocycles. The lowest BCUT2D eigenvalue weighted by atomic mass is 9.80. The fourth-order valence-corrected chi connectivity index (χ4v) is 6.26. The minimum atomic E-state index is -0.685. The second kappa shape index (κ2) is 10.8. The SMILES string of the molecule is CC1C=C(I)C=C(NC(C)C2CC(C(O)N(C)C)=CC3=C2OC(N2CCOCC2)CC3O)C1. The molecular weight excluding hydrogens is 533 g/mol. The molecule has 1 saturated heterocycles. The minimum Gasteiger partial charge on any atom is -0.479 e. The van der Waals surface area contributed by atoms with Crippen LogP contribution in [0.2, 0.25) is 0 Å². The smallest absolute Gasteiger partial charge is 0.155 e. The summed E-state index contributed by atoms with van der Waals surface area (Å²) in [6.07, 6.45) is 7.23. The molecule has 4 aliphatic rings. The van der Waals surface area contributed by atoms with Crippen LogP contribution in [0.15, 0.2) is 44.4 Å². The standard InChI is InChI=1S/C25H38IN3O4/c1-15-9-18(26)13-19(10-15)27-16(2)20-11-17(25(31)28(3)4)12-21-22(30)14-23(33-24(20)21)29-5-7-32-8-6-29/h9,12-13,15-16,20,22-23,25,27,30-31H,5-8,10-11,14H2,1-4H3. The first-order valence-corrected chi connectivity index (χ1v) is 13.1. The average molecular weight is 572 g/mol. The molecule has 184 valence electrons. The minimum absolute atomic E-state index is 0.0212. The Morgan fingerprint density at radius 1 is 1.21 bits per heavy atom. The summed E-state index contributed by atoms with van der Waals surface area (Å²) in [5.74, 6) is 1.39. The quantitative estimate of drug-likeness (QED) is 0.335. The van der Waals surface area contributed by atoms with Crippen molar-refractivity contribution in [2.75, 3.05) is 40.4 Å². The number of halogens is 1. The van der Waals surface area contributed by atoms with Gasteiger partial charge in [-0.05, 0) is 80.1 Å². The fraction of sp³-hybridized carbons (Fsp3) is 0.680. The highest BCUT2D eigenvalue weighted by atomic mass is 127. The van der Waals surface area contributed by atoms with E-state index in [2.05, 4.69) is 58.8 Å². The molecule has 1 fully saturated rings. The van der Waals surface area contributed by atoms with Crippen LogP contribution in [0.4, 0.5) is 0 Å². The Bertz CT molecular complexity index is 847. The predicted molar refractivity (Wildman–Crippen MR) is 137 cm³/mol. The molecule has 6 atom stereocenters. The van der Waals surface area contributed by atoms with Crippen LogP contribution in [0, 0.1) is 11.8 Å². The normalized spacial score (nSPS) is 32.9. The molecule has 0 aromatic heterocycles. The average Bonchev–Trinajstić information content (AvgIpc) is 2.77. The number of allylic oxidation sites excluding steroid dienone is 4. The van der Waals surface area contributed by atoms with Crippen molar-refractivity contribution in [1.82, 2.24) is 15.1 Å². The van der Waals surface area contributed by atoms with Crippen LogP contribution in [-0.2, 0) is 9.47 Å². The third-order valence-corrected chi connectivity index (χ3v) is 7.72. The number of likely N-dealkylation sites (N-methyl/N-ethyl adjacent to an activating group) is 1. The van der Waals surface area contributed by atoms with Gasteiger partial charge < -0.3 is 25.0 Å². The van der Waals surface area contributed by atoms with E-state index in [4.69, 9.17) is 9.47 Å². The van der Waals surface area contributed by atoms with Crippen molar-refractivity contribution in [3.63, 3.8) is 0 Å². The van der Waals surface area contributed by atoms with Crippen LogP contribution in [0.5, 0.6) is 0 Å². The molecule has 0 amide bonds. The van der Waals surface area contributed by atoms with E-state index in [1.165, 1.54) is 9.28 Å². The molecule has 6 unspecified atom stereocenters. The van der Waals surface area contributed by atoms with Crippen LogP contribution in [0.25, 0.3) is 0 Å². The number of rotatable bonds is 6. The monoisotopic (exact) mass is 571 g/mol. The lowest BCUT2D eigenvalue weighted by Crippen LogP contribution is -2.50. The Balaban J connectivity index is 1.61. The van der Waals surface area contributed by atoms with E-state index in [-0.39, 0.29) is 18.2 Å². The molecule has 8 heteroatoms. The van der Waals surface area contributed by atoms with Gasteiger partial charge in [-0.25, -0.2) is 0 Å². The zero-order chi connectivity index (χ0) is 23.7. The molecule has 0 aromatic rings. The number of nitrogens with zero attached hydrogens (tertiary/aromatic N) is 2. The van der Waals surface area contributed by atoms with E-state index in [0.717, 1.165) is 36.4 Å². The summed E-state index contributed by atoms with van der Waals surface area (Å²) in [6, 6.07) is 0.0875. The number of ether oxygens (including phenoxy) is 2. The van der Waals surface area contributed by atoms with E-state index >= 15 is 0 Å². The third-order valence-electron chi connectivity index (χ3n) is 7.05. The predicted octanol–water partition coefficient (Wildman–Crippen LogP) is 2.73. The summed E-state index contributed by atoms with van der Waals surface area (Å²) in [5.41, 5.74) is 2.97. The van der Waals surface area contributed by atoms with Crippen LogP contribution in [0.3, 0.4) is 0 Å². The van der Waals surface area contributed by atoms with Crippen molar-refractivity contribution < 1.29 is 19.7 Å². The van der Waals surface area contributed by atoms with Crippen LogP contribution in [0.1, 0.15) is 33.1 Å². The van der Waals surface area contributed by atoms with Gasteiger partial charge in [0.05, 0.1) is 19.3 Å². The van der Waals surface area contributed by atoms with E-state index < -0.39 is 12.3 Å². The third kappa shape index (κ3) is 5.85. The summed E-state index contributed by atoms with van der Waals surface area (Å²) in [5, 5.41) is 25.7. The maximum atomic E-state index is 11.2. The fourth-order valence-electron chi connectivity index (χ4n) is 5.27. The lowest BCUT2D eigenvalue weighted by molar-refractivity contribution is -0.106. The number of hydrogen-bond donors (Lipinski definition) is 3. The van der Waals surface area contributed by atoms with Crippen molar-refractivity contribution in [3.05, 3.63) is 44.4 Å². The number of aliphatic hydroxyl groups excluding tert-OH is 2. The highest BCUT2D eigenvalue weighted by Crippen LogP contribution is 2.41. The van der Waals surface area contributed by atoms with Gasteiger partial charge in [-0.3, -0.25) is 9.80 Å². The summed E-state index contributed by atoms with van der Waals surface area (Å²) < 4.78 is 13.4. The lowest BCUT2D eigenvalue weighted by Gasteiger charge is -2.44. The molecule has 0 radical (unpaired) electrons. The molecule has 2 aliphatic heterocycles. The molecule has 0 bridgehead atoms. The summed E-state index contributed by atoms with van der Waals surface area (Å²) in [6.45, 7) is 7.44. The zero-order valence-electron chi connectivity index (χ0n) is 20.1. The highest BCUT2D eigenvalue weighted by molar-refractivity contribution is 14.1. The number of hydrogen-bond acceptors (Lipinski definition) is 7. The number of nitrogens with one attached hydrogen (secondary N) is 1. The van der Waals surface area contributed by atoms with Gasteiger partial charge in [-0.2, -0.15) is 0 Å². The first-order valence-electron chi connectivity index (χ1n) is 12.0. The van der Waals surface area contributed by atoms with Crippen molar-refractivity contribution in [2.45, 2.75) is 57.7 Å². The molecule has 3 N–H and O–H groups in total. The first-order chi connectivity index (χ1) is 15.7. The number of morpholine rings is 1. The van der Waals surface area contributed by atoms with Crippen LogP contribution < -0.4 is 5.32 Å². The van der Waals surface area contributed by atoms with Crippen LogP contribution >= 0.6 is 22.6 Å². The zero-order valence-corrected chi connectivity index (χ0v) is 22.3. The van der Waals surface area contributed by atoms with Gasteiger partial charge >= 0.3 is 0 Å². The van der Waals surface area contributed by atoms with E-state index in [0.29, 0.717) is 32.0 Å². The maximum Gasteiger partial charge on any atom is 0.155 e. The second-order valence-electron chi connectivity index (χ2n) is 9.99. The van der Waals surface area contributed by atoms with E-state index in [1.54, 1.807) is 4.90 Å². The number of aliphatic hydroxyl groups is 2. The van der Waals surface area contributed by atoms with Crippen LogP contribution in [-0.4, -0.2) is 85.0 Å². The Hall–Kier alpha value is -0.910. The molecule has 0 aromatic carbocycles. The van der Waals surface area contributed by atoms with Crippen molar-refractivity contribution in [1.29, 1.82) is 0 Å². The Labute approximate surface area is 211 Å². The highest BCUT2D eigenvalue weighted by Gasteiger charge is 2.41. The van der Waals surface area contributed by atoms with Gasteiger partial charge in [0.25, 0.3) is 0 Å². The van der Waals surface area contributed by atoms with Gasteiger partial charge in [-0.1, -0.05) is 13.0 Å². The summed E-state index contributed by atoms with van der Waals surface area (Å²) in [4.78, 5) is 4.08. The van der Waals surface area contributed by atoms with E-state index in [1.807, 2.05) is 20.2 Å². The largest absolute Gasteiger partial charge is 0.479 e. The Morgan fingerprint density at radius 3 is 2.61 bits per heavy atom. The molecule has 7 nitrogen and oxygen atoms in total. The maximum absolute atomic E-state index is 11.2.